The molecule has 0 radical (unpaired) electrons. The normalized spacial score (nSPS) is 22.7. The van der Waals surface area contributed by atoms with Crippen molar-refractivity contribution in [3.63, 3.8) is 0 Å². The number of rotatable bonds is 4. The first-order chi connectivity index (χ1) is 9.45. The van der Waals surface area contributed by atoms with Gasteiger partial charge in [0.15, 0.2) is 0 Å². The highest BCUT2D eigenvalue weighted by molar-refractivity contribution is 9.10. The van der Waals surface area contributed by atoms with Crippen LogP contribution in [0.5, 0.6) is 0 Å². The maximum Gasteiger partial charge on any atom is 0.239 e. The van der Waals surface area contributed by atoms with Crippen LogP contribution >= 0.6 is 15.9 Å². The fourth-order valence-corrected chi connectivity index (χ4v) is 2.64. The molecule has 2 atom stereocenters. The fourth-order valence-electron chi connectivity index (χ4n) is 2.40. The summed E-state index contributed by atoms with van der Waals surface area (Å²) in [6, 6.07) is 3.53. The van der Waals surface area contributed by atoms with Gasteiger partial charge in [0.05, 0.1) is 12.5 Å². The van der Waals surface area contributed by atoms with Crippen LogP contribution in [0.25, 0.3) is 0 Å². The lowest BCUT2D eigenvalue weighted by Crippen LogP contribution is -2.33. The molecule has 0 bridgehead atoms. The molecule has 1 fully saturated rings. The van der Waals surface area contributed by atoms with Crippen molar-refractivity contribution >= 4 is 33.6 Å². The molecule has 7 heteroatoms. The minimum Gasteiger partial charge on any atom is -0.369 e. The van der Waals surface area contributed by atoms with Crippen molar-refractivity contribution in [3.05, 3.63) is 22.8 Å². The van der Waals surface area contributed by atoms with Crippen LogP contribution in [0.2, 0.25) is 0 Å². The number of hydrogen-bond donors (Lipinski definition) is 2. The Bertz CT molecular complexity index is 506. The molecule has 2 rings (SSSR count). The molecule has 1 aliphatic rings. The van der Waals surface area contributed by atoms with Crippen molar-refractivity contribution in [2.45, 2.75) is 6.92 Å². The van der Waals surface area contributed by atoms with E-state index in [0.29, 0.717) is 18.9 Å². The summed E-state index contributed by atoms with van der Waals surface area (Å²) in [5, 5.41) is 2.73. The van der Waals surface area contributed by atoms with Gasteiger partial charge in [0, 0.05) is 23.8 Å². The van der Waals surface area contributed by atoms with Gasteiger partial charge in [0.25, 0.3) is 0 Å². The molecule has 20 heavy (non-hydrogen) atoms. The number of likely N-dealkylation sites (tertiary alicyclic amines) is 1. The maximum absolute atomic E-state index is 11.9. The topological polar surface area (TPSA) is 88.3 Å². The average Bonchev–Trinajstić information content (AvgIpc) is 2.73. The second-order valence-corrected chi connectivity index (χ2v) is 6.01. The van der Waals surface area contributed by atoms with Crippen LogP contribution in [-0.2, 0) is 9.59 Å². The zero-order chi connectivity index (χ0) is 14.7. The van der Waals surface area contributed by atoms with Gasteiger partial charge in [-0.05, 0) is 34.0 Å². The number of anilines is 1. The maximum atomic E-state index is 11.9. The molecule has 1 aliphatic heterocycles. The molecular formula is C13H17BrN4O2. The second-order valence-electron chi connectivity index (χ2n) is 5.09. The Kier molecular flexibility index (Phi) is 4.72. The van der Waals surface area contributed by atoms with Gasteiger partial charge in [-0.3, -0.25) is 14.5 Å². The van der Waals surface area contributed by atoms with Crippen LogP contribution < -0.4 is 11.1 Å². The van der Waals surface area contributed by atoms with Crippen LogP contribution in [0.4, 0.5) is 5.82 Å². The molecule has 0 spiro atoms. The van der Waals surface area contributed by atoms with Crippen molar-refractivity contribution in [1.29, 1.82) is 0 Å². The SMILES string of the molecule is C[C@@H]1CN(CC(=O)Nc2ccc(Br)cn2)C[C@H]1C(N)=O. The van der Waals surface area contributed by atoms with Crippen molar-refractivity contribution in [1.82, 2.24) is 9.88 Å². The molecule has 0 unspecified atom stereocenters. The van der Waals surface area contributed by atoms with E-state index in [-0.39, 0.29) is 30.2 Å². The average molecular weight is 341 g/mol. The number of carbonyl (C=O) groups is 2. The van der Waals surface area contributed by atoms with Crippen LogP contribution in [-0.4, -0.2) is 41.3 Å². The van der Waals surface area contributed by atoms with Crippen LogP contribution in [0, 0.1) is 11.8 Å². The molecular weight excluding hydrogens is 324 g/mol. The summed E-state index contributed by atoms with van der Waals surface area (Å²) in [4.78, 5) is 29.2. The summed E-state index contributed by atoms with van der Waals surface area (Å²) in [6.45, 7) is 3.46. The first kappa shape index (κ1) is 14.9. The van der Waals surface area contributed by atoms with E-state index >= 15 is 0 Å². The number of primary amides is 1. The minimum absolute atomic E-state index is 0.142. The number of carbonyl (C=O) groups excluding carboxylic acids is 2. The van der Waals surface area contributed by atoms with E-state index < -0.39 is 0 Å². The van der Waals surface area contributed by atoms with Gasteiger partial charge < -0.3 is 11.1 Å². The highest BCUT2D eigenvalue weighted by Crippen LogP contribution is 2.22. The third-order valence-electron chi connectivity index (χ3n) is 3.42. The Balaban J connectivity index is 1.86. The van der Waals surface area contributed by atoms with E-state index in [4.69, 9.17) is 5.73 Å². The summed E-state index contributed by atoms with van der Waals surface area (Å²) in [5.41, 5.74) is 5.34. The molecule has 3 N–H and O–H groups in total. The summed E-state index contributed by atoms with van der Waals surface area (Å²) < 4.78 is 0.855. The lowest BCUT2D eigenvalue weighted by Gasteiger charge is -2.14. The van der Waals surface area contributed by atoms with Gasteiger partial charge in [-0.15, -0.1) is 0 Å². The standard InChI is InChI=1S/C13H17BrN4O2/c1-8-5-18(6-10(8)13(15)20)7-12(19)17-11-3-2-9(14)4-16-11/h2-4,8,10H,5-7H2,1H3,(H2,15,20)(H,16,17,19)/t8-,10-/m1/s1. The van der Waals surface area contributed by atoms with E-state index in [1.807, 2.05) is 17.9 Å². The lowest BCUT2D eigenvalue weighted by atomic mass is 9.98. The predicted octanol–water partition coefficient (Wildman–Crippen LogP) is 0.836. The zero-order valence-corrected chi connectivity index (χ0v) is 12.8. The van der Waals surface area contributed by atoms with Gasteiger partial charge >= 0.3 is 0 Å². The van der Waals surface area contributed by atoms with Gasteiger partial charge in [0.2, 0.25) is 11.8 Å². The molecule has 1 aromatic heterocycles. The van der Waals surface area contributed by atoms with Crippen molar-refractivity contribution in [3.8, 4) is 0 Å². The number of amides is 2. The molecule has 2 heterocycles. The number of halogens is 1. The number of aromatic nitrogens is 1. The quantitative estimate of drug-likeness (QED) is 0.849. The van der Waals surface area contributed by atoms with E-state index in [9.17, 15) is 9.59 Å². The van der Waals surface area contributed by atoms with E-state index in [1.54, 1.807) is 12.3 Å². The molecule has 108 valence electrons. The van der Waals surface area contributed by atoms with Gasteiger partial charge in [-0.1, -0.05) is 6.92 Å². The predicted molar refractivity (Wildman–Crippen MR) is 78.9 cm³/mol. The van der Waals surface area contributed by atoms with Crippen molar-refractivity contribution in [2.24, 2.45) is 17.6 Å². The first-order valence-electron chi connectivity index (χ1n) is 6.39. The van der Waals surface area contributed by atoms with E-state index in [0.717, 1.165) is 4.47 Å². The molecule has 2 amide bonds. The van der Waals surface area contributed by atoms with Gasteiger partial charge in [0.1, 0.15) is 5.82 Å². The molecule has 0 aromatic carbocycles. The Morgan fingerprint density at radius 1 is 1.50 bits per heavy atom. The number of nitrogens with two attached hydrogens (primary N) is 1. The summed E-state index contributed by atoms with van der Waals surface area (Å²) in [6.07, 6.45) is 1.62. The summed E-state index contributed by atoms with van der Waals surface area (Å²) >= 11 is 3.28. The smallest absolute Gasteiger partial charge is 0.239 e. The molecule has 0 saturated carbocycles. The third-order valence-corrected chi connectivity index (χ3v) is 3.88. The minimum atomic E-state index is -0.296. The monoisotopic (exact) mass is 340 g/mol. The number of nitrogens with one attached hydrogen (secondary N) is 1. The number of nitrogens with zero attached hydrogens (tertiary/aromatic N) is 2. The second kappa shape index (κ2) is 6.32. The Labute approximate surface area is 125 Å². The van der Waals surface area contributed by atoms with Crippen LogP contribution in [0.1, 0.15) is 6.92 Å². The van der Waals surface area contributed by atoms with Gasteiger partial charge in [-0.2, -0.15) is 0 Å². The highest BCUT2D eigenvalue weighted by atomic mass is 79.9. The molecule has 6 nitrogen and oxygen atoms in total. The van der Waals surface area contributed by atoms with Crippen molar-refractivity contribution in [2.75, 3.05) is 25.0 Å². The zero-order valence-electron chi connectivity index (χ0n) is 11.2. The van der Waals surface area contributed by atoms with E-state index in [2.05, 4.69) is 26.2 Å². The Hall–Kier alpha value is -1.47. The fraction of sp³-hybridized carbons (Fsp3) is 0.462. The van der Waals surface area contributed by atoms with Crippen LogP contribution in [0.15, 0.2) is 22.8 Å². The summed E-state index contributed by atoms with van der Waals surface area (Å²) in [7, 11) is 0. The number of pyridine rings is 1. The molecule has 0 aliphatic carbocycles. The highest BCUT2D eigenvalue weighted by Gasteiger charge is 2.34. The third kappa shape index (κ3) is 3.77. The summed E-state index contributed by atoms with van der Waals surface area (Å²) in [5.74, 6) is 0.0868. The largest absolute Gasteiger partial charge is 0.369 e. The molecule has 1 saturated heterocycles. The van der Waals surface area contributed by atoms with Crippen LogP contribution in [0.3, 0.4) is 0 Å². The Morgan fingerprint density at radius 3 is 2.80 bits per heavy atom. The van der Waals surface area contributed by atoms with E-state index in [1.165, 1.54) is 0 Å². The first-order valence-corrected chi connectivity index (χ1v) is 7.18. The molecule has 1 aromatic rings. The lowest BCUT2D eigenvalue weighted by molar-refractivity contribution is -0.122. The number of hydrogen-bond acceptors (Lipinski definition) is 4. The van der Waals surface area contributed by atoms with Gasteiger partial charge in [-0.25, -0.2) is 4.98 Å². The van der Waals surface area contributed by atoms with Crippen molar-refractivity contribution < 1.29 is 9.59 Å². The Morgan fingerprint density at radius 2 is 2.25 bits per heavy atom.